The minimum absolute atomic E-state index is 0.102. The van der Waals surface area contributed by atoms with E-state index in [1.54, 1.807) is 12.1 Å². The van der Waals surface area contributed by atoms with Crippen molar-refractivity contribution in [3.63, 3.8) is 0 Å². The molecule has 3 aromatic carbocycles. The SMILES string of the molecule is Cc1cccc(C)c1NC(=O)COC(=O)c1c(-c2ccccc2)c2ccccc2c(=O)n1C. The second kappa shape index (κ2) is 9.12. The number of hydrogen-bond acceptors (Lipinski definition) is 4. The third kappa shape index (κ3) is 4.28. The fourth-order valence-corrected chi connectivity index (χ4v) is 3.99. The molecule has 0 spiro atoms. The molecule has 6 heteroatoms. The van der Waals surface area contributed by atoms with E-state index in [0.29, 0.717) is 22.0 Å². The van der Waals surface area contributed by atoms with Crippen LogP contribution in [-0.4, -0.2) is 23.1 Å². The van der Waals surface area contributed by atoms with E-state index >= 15 is 0 Å². The van der Waals surface area contributed by atoms with Crippen LogP contribution in [0.4, 0.5) is 5.69 Å². The van der Waals surface area contributed by atoms with E-state index in [1.807, 2.05) is 74.5 Å². The fourth-order valence-electron chi connectivity index (χ4n) is 3.99. The first-order valence-corrected chi connectivity index (χ1v) is 10.6. The van der Waals surface area contributed by atoms with Crippen molar-refractivity contribution in [3.05, 3.63) is 100.0 Å². The first kappa shape index (κ1) is 22.0. The van der Waals surface area contributed by atoms with Crippen molar-refractivity contribution < 1.29 is 14.3 Å². The number of nitrogens with one attached hydrogen (secondary N) is 1. The van der Waals surface area contributed by atoms with Crippen LogP contribution in [0.5, 0.6) is 0 Å². The maximum absolute atomic E-state index is 13.2. The quantitative estimate of drug-likeness (QED) is 0.460. The summed E-state index contributed by atoms with van der Waals surface area (Å²) >= 11 is 0. The Hall–Kier alpha value is -4.19. The molecule has 0 aliphatic carbocycles. The van der Waals surface area contributed by atoms with Crippen molar-refractivity contribution in [2.24, 2.45) is 7.05 Å². The normalized spacial score (nSPS) is 10.8. The Morgan fingerprint density at radius 1 is 0.848 bits per heavy atom. The van der Waals surface area contributed by atoms with Gasteiger partial charge in [0.05, 0.1) is 0 Å². The molecule has 0 atom stereocenters. The van der Waals surface area contributed by atoms with E-state index < -0.39 is 18.5 Å². The summed E-state index contributed by atoms with van der Waals surface area (Å²) in [5, 5.41) is 3.96. The number of aromatic nitrogens is 1. The van der Waals surface area contributed by atoms with Crippen molar-refractivity contribution in [2.45, 2.75) is 13.8 Å². The van der Waals surface area contributed by atoms with Gasteiger partial charge in [-0.15, -0.1) is 0 Å². The molecule has 1 aromatic heterocycles. The molecule has 0 saturated heterocycles. The number of amides is 1. The van der Waals surface area contributed by atoms with Gasteiger partial charge in [0, 0.05) is 23.7 Å². The minimum atomic E-state index is -0.740. The van der Waals surface area contributed by atoms with Gasteiger partial charge in [0.1, 0.15) is 5.69 Å². The first-order valence-electron chi connectivity index (χ1n) is 10.6. The number of nitrogens with zero attached hydrogens (tertiary/aromatic N) is 1. The molecule has 0 radical (unpaired) electrons. The molecule has 0 fully saturated rings. The van der Waals surface area contributed by atoms with Crippen molar-refractivity contribution >= 4 is 28.3 Å². The zero-order valence-electron chi connectivity index (χ0n) is 18.7. The predicted octanol–water partition coefficient (Wildman–Crippen LogP) is 4.62. The molecule has 166 valence electrons. The van der Waals surface area contributed by atoms with Gasteiger partial charge in [-0.3, -0.25) is 9.59 Å². The molecular weight excluding hydrogens is 416 g/mol. The van der Waals surface area contributed by atoms with Crippen LogP contribution in [0.3, 0.4) is 0 Å². The summed E-state index contributed by atoms with van der Waals surface area (Å²) in [6.45, 7) is 3.32. The first-order chi connectivity index (χ1) is 15.9. The van der Waals surface area contributed by atoms with Gasteiger partial charge in [0.2, 0.25) is 0 Å². The number of carbonyl (C=O) groups excluding carboxylic acids is 2. The van der Waals surface area contributed by atoms with Gasteiger partial charge in [-0.2, -0.15) is 0 Å². The number of aryl methyl sites for hydroxylation is 2. The molecule has 33 heavy (non-hydrogen) atoms. The largest absolute Gasteiger partial charge is 0.451 e. The van der Waals surface area contributed by atoms with Gasteiger partial charge >= 0.3 is 5.97 Å². The van der Waals surface area contributed by atoms with Gasteiger partial charge in [0.15, 0.2) is 6.61 Å². The summed E-state index contributed by atoms with van der Waals surface area (Å²) in [7, 11) is 1.54. The molecule has 0 bridgehead atoms. The van der Waals surface area contributed by atoms with E-state index in [0.717, 1.165) is 16.7 Å². The Morgan fingerprint density at radius 2 is 1.45 bits per heavy atom. The van der Waals surface area contributed by atoms with Crippen LogP contribution < -0.4 is 10.9 Å². The van der Waals surface area contributed by atoms with Crippen molar-refractivity contribution in [1.82, 2.24) is 4.57 Å². The highest BCUT2D eigenvalue weighted by molar-refractivity contribution is 6.07. The van der Waals surface area contributed by atoms with E-state index in [1.165, 1.54) is 11.6 Å². The van der Waals surface area contributed by atoms with Crippen molar-refractivity contribution in [1.29, 1.82) is 0 Å². The summed E-state index contributed by atoms with van der Waals surface area (Å²) < 4.78 is 6.67. The van der Waals surface area contributed by atoms with Gasteiger partial charge in [0.25, 0.3) is 11.5 Å². The molecule has 6 nitrogen and oxygen atoms in total. The van der Waals surface area contributed by atoms with Crippen molar-refractivity contribution in [3.8, 4) is 11.1 Å². The highest BCUT2D eigenvalue weighted by Gasteiger charge is 2.23. The molecule has 0 saturated carbocycles. The Bertz CT molecular complexity index is 1400. The number of carbonyl (C=O) groups is 2. The minimum Gasteiger partial charge on any atom is -0.451 e. The lowest BCUT2D eigenvalue weighted by Gasteiger charge is -2.17. The second-order valence-corrected chi connectivity index (χ2v) is 7.89. The Kier molecular flexibility index (Phi) is 6.09. The summed E-state index contributed by atoms with van der Waals surface area (Å²) in [4.78, 5) is 38.7. The number of anilines is 1. The van der Waals surface area contributed by atoms with Crippen LogP contribution in [0.2, 0.25) is 0 Å². The summed E-state index contributed by atoms with van der Waals surface area (Å²) in [5.41, 5.74) is 3.68. The van der Waals surface area contributed by atoms with Gasteiger partial charge in [-0.25, -0.2) is 4.79 Å². The van der Waals surface area contributed by atoms with Crippen LogP contribution in [0.25, 0.3) is 21.9 Å². The number of hydrogen-bond donors (Lipinski definition) is 1. The number of rotatable bonds is 5. The maximum Gasteiger partial charge on any atom is 0.356 e. The van der Waals surface area contributed by atoms with E-state index in [2.05, 4.69) is 5.32 Å². The smallest absolute Gasteiger partial charge is 0.356 e. The number of ether oxygens (including phenoxy) is 1. The average Bonchev–Trinajstić information content (AvgIpc) is 2.82. The third-order valence-corrected chi connectivity index (χ3v) is 5.64. The summed E-state index contributed by atoms with van der Waals surface area (Å²) in [5.74, 6) is -1.19. The van der Waals surface area contributed by atoms with Crippen LogP contribution >= 0.6 is 0 Å². The van der Waals surface area contributed by atoms with E-state index in [-0.39, 0.29) is 11.3 Å². The standard InChI is InChI=1S/C27H24N2O4/c1-17-10-9-11-18(2)24(17)28-22(30)16-33-27(32)25-23(19-12-5-4-6-13-19)20-14-7-8-15-21(20)26(31)29(25)3/h4-15H,16H2,1-3H3,(H,28,30). The maximum atomic E-state index is 13.2. The van der Waals surface area contributed by atoms with Crippen LogP contribution in [0.15, 0.2) is 77.6 Å². The molecule has 0 aliphatic rings. The molecule has 0 unspecified atom stereocenters. The summed E-state index contributed by atoms with van der Waals surface area (Å²) in [6.07, 6.45) is 0. The fraction of sp³-hybridized carbons (Fsp3) is 0.148. The molecular formula is C27H24N2O4. The number of para-hydroxylation sites is 1. The average molecular weight is 440 g/mol. The third-order valence-electron chi connectivity index (χ3n) is 5.64. The monoisotopic (exact) mass is 440 g/mol. The molecule has 1 heterocycles. The van der Waals surface area contributed by atoms with Gasteiger partial charge in [-0.1, -0.05) is 66.7 Å². The lowest BCUT2D eigenvalue weighted by molar-refractivity contribution is -0.119. The highest BCUT2D eigenvalue weighted by atomic mass is 16.5. The topological polar surface area (TPSA) is 77.4 Å². The van der Waals surface area contributed by atoms with E-state index in [4.69, 9.17) is 4.74 Å². The number of benzene rings is 3. The zero-order valence-corrected chi connectivity index (χ0v) is 18.7. The van der Waals surface area contributed by atoms with Crippen LogP contribution in [0.1, 0.15) is 21.6 Å². The lowest BCUT2D eigenvalue weighted by atomic mass is 9.97. The molecule has 1 amide bonds. The Labute approximate surface area is 191 Å². The lowest BCUT2D eigenvalue weighted by Crippen LogP contribution is -2.28. The van der Waals surface area contributed by atoms with Gasteiger partial charge < -0.3 is 14.6 Å². The second-order valence-electron chi connectivity index (χ2n) is 7.89. The van der Waals surface area contributed by atoms with Gasteiger partial charge in [-0.05, 0) is 42.0 Å². The summed E-state index contributed by atoms with van der Waals surface area (Å²) in [6, 6.07) is 22.2. The highest BCUT2D eigenvalue weighted by Crippen LogP contribution is 2.30. The predicted molar refractivity (Wildman–Crippen MR) is 129 cm³/mol. The Morgan fingerprint density at radius 3 is 2.12 bits per heavy atom. The number of pyridine rings is 1. The number of esters is 1. The zero-order chi connectivity index (χ0) is 23.5. The molecule has 0 aliphatic heterocycles. The molecule has 4 rings (SSSR count). The van der Waals surface area contributed by atoms with Crippen molar-refractivity contribution in [2.75, 3.05) is 11.9 Å². The number of fused-ring (bicyclic) bond motifs is 1. The van der Waals surface area contributed by atoms with Crippen LogP contribution in [0, 0.1) is 13.8 Å². The van der Waals surface area contributed by atoms with Crippen LogP contribution in [-0.2, 0) is 16.6 Å². The molecule has 1 N–H and O–H groups in total. The Balaban J connectivity index is 1.69. The van der Waals surface area contributed by atoms with E-state index in [9.17, 15) is 14.4 Å². The molecule has 4 aromatic rings.